The summed E-state index contributed by atoms with van der Waals surface area (Å²) < 4.78 is 0. The summed E-state index contributed by atoms with van der Waals surface area (Å²) in [6, 6.07) is 9.63. The molecule has 0 unspecified atom stereocenters. The van der Waals surface area contributed by atoms with Gasteiger partial charge in [-0.15, -0.1) is 0 Å². The Kier molecular flexibility index (Phi) is 5.00. The molecule has 3 aromatic heterocycles. The van der Waals surface area contributed by atoms with Crippen LogP contribution in [0.4, 0.5) is 5.95 Å². The van der Waals surface area contributed by atoms with Crippen molar-refractivity contribution < 1.29 is 4.79 Å². The SMILES string of the molecule is O=C(N[C@H]1CC[C@H](Nc2nccc(-c3ccncc3)n2)C1)c1cccnc1. The van der Waals surface area contributed by atoms with Gasteiger partial charge in [-0.25, -0.2) is 9.97 Å². The van der Waals surface area contributed by atoms with E-state index < -0.39 is 0 Å². The second-order valence-corrected chi connectivity index (χ2v) is 6.57. The number of amides is 1. The second-order valence-electron chi connectivity index (χ2n) is 6.57. The van der Waals surface area contributed by atoms with Crippen molar-refractivity contribution in [1.82, 2.24) is 25.3 Å². The van der Waals surface area contributed by atoms with Gasteiger partial charge in [0.25, 0.3) is 5.91 Å². The average molecular weight is 360 g/mol. The first-order chi connectivity index (χ1) is 13.3. The van der Waals surface area contributed by atoms with Gasteiger partial charge in [-0.05, 0) is 49.6 Å². The maximum atomic E-state index is 12.3. The topological polar surface area (TPSA) is 92.7 Å². The summed E-state index contributed by atoms with van der Waals surface area (Å²) in [5.41, 5.74) is 2.44. The van der Waals surface area contributed by atoms with Crippen molar-refractivity contribution in [1.29, 1.82) is 0 Å². The first kappa shape index (κ1) is 17.1. The van der Waals surface area contributed by atoms with E-state index in [0.29, 0.717) is 11.5 Å². The summed E-state index contributed by atoms with van der Waals surface area (Å²) in [5.74, 6) is 0.526. The van der Waals surface area contributed by atoms with Crippen molar-refractivity contribution >= 4 is 11.9 Å². The molecule has 0 aliphatic heterocycles. The van der Waals surface area contributed by atoms with Gasteiger partial charge in [-0.1, -0.05) is 0 Å². The Morgan fingerprint density at radius 2 is 1.81 bits per heavy atom. The van der Waals surface area contributed by atoms with Crippen LogP contribution in [-0.2, 0) is 0 Å². The molecule has 1 aliphatic carbocycles. The fourth-order valence-electron chi connectivity index (χ4n) is 3.30. The number of nitrogens with one attached hydrogen (secondary N) is 2. The third-order valence-corrected chi connectivity index (χ3v) is 4.66. The molecule has 0 saturated heterocycles. The number of hydrogen-bond acceptors (Lipinski definition) is 6. The lowest BCUT2D eigenvalue weighted by molar-refractivity contribution is 0.0937. The third-order valence-electron chi connectivity index (χ3n) is 4.66. The van der Waals surface area contributed by atoms with Crippen LogP contribution in [-0.4, -0.2) is 37.9 Å². The lowest BCUT2D eigenvalue weighted by Gasteiger charge is -2.15. The van der Waals surface area contributed by atoms with Crippen molar-refractivity contribution in [3.05, 3.63) is 66.9 Å². The van der Waals surface area contributed by atoms with Crippen molar-refractivity contribution in [3.63, 3.8) is 0 Å². The molecule has 0 radical (unpaired) electrons. The zero-order chi connectivity index (χ0) is 18.5. The molecule has 27 heavy (non-hydrogen) atoms. The molecular weight excluding hydrogens is 340 g/mol. The van der Waals surface area contributed by atoms with Crippen LogP contribution >= 0.6 is 0 Å². The van der Waals surface area contributed by atoms with E-state index >= 15 is 0 Å². The average Bonchev–Trinajstić information content (AvgIpc) is 3.16. The number of carbonyl (C=O) groups excluding carboxylic acids is 1. The predicted octanol–water partition coefficient (Wildman–Crippen LogP) is 2.70. The van der Waals surface area contributed by atoms with E-state index in [2.05, 4.69) is 30.6 Å². The van der Waals surface area contributed by atoms with Crippen LogP contribution < -0.4 is 10.6 Å². The fourth-order valence-corrected chi connectivity index (χ4v) is 3.30. The molecule has 0 bridgehead atoms. The summed E-state index contributed by atoms with van der Waals surface area (Å²) in [5, 5.41) is 6.47. The quantitative estimate of drug-likeness (QED) is 0.727. The van der Waals surface area contributed by atoms with E-state index in [4.69, 9.17) is 0 Å². The van der Waals surface area contributed by atoms with Gasteiger partial charge >= 0.3 is 0 Å². The first-order valence-electron chi connectivity index (χ1n) is 8.99. The van der Waals surface area contributed by atoms with E-state index in [1.165, 1.54) is 0 Å². The third kappa shape index (κ3) is 4.25. The molecule has 3 heterocycles. The van der Waals surface area contributed by atoms with E-state index in [-0.39, 0.29) is 18.0 Å². The number of aromatic nitrogens is 4. The summed E-state index contributed by atoms with van der Waals surface area (Å²) >= 11 is 0. The van der Waals surface area contributed by atoms with E-state index in [9.17, 15) is 4.79 Å². The van der Waals surface area contributed by atoms with Gasteiger partial charge in [0.05, 0.1) is 11.3 Å². The molecule has 2 N–H and O–H groups in total. The van der Waals surface area contributed by atoms with Gasteiger partial charge in [-0.3, -0.25) is 14.8 Å². The van der Waals surface area contributed by atoms with Crippen molar-refractivity contribution in [2.24, 2.45) is 0 Å². The number of pyridine rings is 2. The van der Waals surface area contributed by atoms with Crippen LogP contribution in [0.1, 0.15) is 29.6 Å². The van der Waals surface area contributed by atoms with Crippen molar-refractivity contribution in [2.45, 2.75) is 31.3 Å². The Labute approximate surface area is 157 Å². The minimum atomic E-state index is -0.0790. The number of anilines is 1. The highest BCUT2D eigenvalue weighted by Gasteiger charge is 2.26. The minimum absolute atomic E-state index is 0.0790. The summed E-state index contributed by atoms with van der Waals surface area (Å²) in [7, 11) is 0. The maximum Gasteiger partial charge on any atom is 0.253 e. The molecule has 136 valence electrons. The molecule has 1 amide bonds. The molecule has 0 spiro atoms. The maximum absolute atomic E-state index is 12.3. The largest absolute Gasteiger partial charge is 0.351 e. The second kappa shape index (κ2) is 7.90. The van der Waals surface area contributed by atoms with Crippen molar-refractivity contribution in [2.75, 3.05) is 5.32 Å². The standard InChI is InChI=1S/C20H20N6O/c27-19(15-2-1-8-22-13-15)24-16-3-4-17(12-16)25-20-23-11-7-18(26-20)14-5-9-21-10-6-14/h1-2,5-11,13,16-17H,3-4,12H2,(H,24,27)(H,23,25,26)/t16-,17-/m0/s1. The molecule has 4 rings (SSSR count). The number of nitrogens with zero attached hydrogens (tertiary/aromatic N) is 4. The number of rotatable bonds is 5. The number of carbonyl (C=O) groups is 1. The molecule has 0 aromatic carbocycles. The molecule has 2 atom stereocenters. The van der Waals surface area contributed by atoms with Crippen LogP contribution in [0, 0.1) is 0 Å². The number of hydrogen-bond donors (Lipinski definition) is 2. The smallest absolute Gasteiger partial charge is 0.253 e. The molecular formula is C20H20N6O. The normalized spacial score (nSPS) is 18.8. The zero-order valence-electron chi connectivity index (χ0n) is 14.7. The van der Waals surface area contributed by atoms with Gasteiger partial charge in [-0.2, -0.15) is 0 Å². The van der Waals surface area contributed by atoms with Crippen LogP contribution in [0.15, 0.2) is 61.3 Å². The summed E-state index contributed by atoms with van der Waals surface area (Å²) in [6.07, 6.45) is 11.2. The lowest BCUT2D eigenvalue weighted by atomic mass is 10.2. The van der Waals surface area contributed by atoms with Crippen LogP contribution in [0.25, 0.3) is 11.3 Å². The molecule has 7 nitrogen and oxygen atoms in total. The van der Waals surface area contributed by atoms with Gasteiger partial charge in [0.1, 0.15) is 0 Å². The predicted molar refractivity (Wildman–Crippen MR) is 102 cm³/mol. The highest BCUT2D eigenvalue weighted by molar-refractivity contribution is 5.94. The van der Waals surface area contributed by atoms with E-state index in [0.717, 1.165) is 30.5 Å². The fraction of sp³-hybridized carbons (Fsp3) is 0.250. The molecule has 3 aromatic rings. The molecule has 7 heteroatoms. The van der Waals surface area contributed by atoms with Gasteiger partial charge < -0.3 is 10.6 Å². The summed E-state index contributed by atoms with van der Waals surface area (Å²) in [4.78, 5) is 29.2. The Morgan fingerprint density at radius 1 is 0.963 bits per heavy atom. The Balaban J connectivity index is 1.36. The Bertz CT molecular complexity index is 903. The van der Waals surface area contributed by atoms with Gasteiger partial charge in [0.2, 0.25) is 5.95 Å². The van der Waals surface area contributed by atoms with Crippen LogP contribution in [0.5, 0.6) is 0 Å². The molecule has 1 aliphatic rings. The zero-order valence-corrected chi connectivity index (χ0v) is 14.7. The Morgan fingerprint density at radius 3 is 2.63 bits per heavy atom. The highest BCUT2D eigenvalue weighted by atomic mass is 16.1. The van der Waals surface area contributed by atoms with E-state index in [1.807, 2.05) is 18.2 Å². The highest BCUT2D eigenvalue weighted by Crippen LogP contribution is 2.23. The minimum Gasteiger partial charge on any atom is -0.351 e. The summed E-state index contributed by atoms with van der Waals surface area (Å²) in [6.45, 7) is 0. The van der Waals surface area contributed by atoms with Gasteiger partial charge in [0.15, 0.2) is 0 Å². The molecule has 1 saturated carbocycles. The monoisotopic (exact) mass is 360 g/mol. The molecule has 1 fully saturated rings. The van der Waals surface area contributed by atoms with E-state index in [1.54, 1.807) is 43.1 Å². The van der Waals surface area contributed by atoms with Gasteiger partial charge in [0, 0.05) is 48.6 Å². The van der Waals surface area contributed by atoms with Crippen molar-refractivity contribution in [3.8, 4) is 11.3 Å². The van der Waals surface area contributed by atoms with Crippen LogP contribution in [0.3, 0.4) is 0 Å². The van der Waals surface area contributed by atoms with Crippen LogP contribution in [0.2, 0.25) is 0 Å². The Hall–Kier alpha value is -3.35. The lowest BCUT2D eigenvalue weighted by Crippen LogP contribution is -2.34. The first-order valence-corrected chi connectivity index (χ1v) is 8.99.